The zero-order chi connectivity index (χ0) is 10.9. The predicted octanol–water partition coefficient (Wildman–Crippen LogP) is 2.26. The standard InChI is InChI=1S/C12H16BrNO/c13-11-4-2-1-3-10(11)9-5-12(6-9,7-14)8-15/h1-4,9,15H,5-8,14H2. The highest BCUT2D eigenvalue weighted by molar-refractivity contribution is 9.10. The first-order chi connectivity index (χ1) is 7.21. The van der Waals surface area contributed by atoms with Crippen LogP contribution in [-0.2, 0) is 0 Å². The summed E-state index contributed by atoms with van der Waals surface area (Å²) < 4.78 is 1.17. The summed E-state index contributed by atoms with van der Waals surface area (Å²) in [6.45, 7) is 0.801. The van der Waals surface area contributed by atoms with Gasteiger partial charge in [0.05, 0.1) is 0 Å². The van der Waals surface area contributed by atoms with Gasteiger partial charge < -0.3 is 10.8 Å². The number of aliphatic hydroxyl groups excluding tert-OH is 1. The van der Waals surface area contributed by atoms with Crippen molar-refractivity contribution >= 4 is 15.9 Å². The van der Waals surface area contributed by atoms with E-state index < -0.39 is 0 Å². The van der Waals surface area contributed by atoms with Crippen LogP contribution in [0.4, 0.5) is 0 Å². The maximum Gasteiger partial charge on any atom is 0.0499 e. The van der Waals surface area contributed by atoms with Crippen molar-refractivity contribution in [3.63, 3.8) is 0 Å². The maximum atomic E-state index is 9.28. The topological polar surface area (TPSA) is 46.2 Å². The van der Waals surface area contributed by atoms with Crippen LogP contribution in [0, 0.1) is 5.41 Å². The Morgan fingerprint density at radius 3 is 2.60 bits per heavy atom. The van der Waals surface area contributed by atoms with Crippen LogP contribution in [-0.4, -0.2) is 18.3 Å². The molecule has 1 aromatic rings. The van der Waals surface area contributed by atoms with Crippen LogP contribution >= 0.6 is 15.9 Å². The minimum atomic E-state index is -0.0139. The molecule has 0 bridgehead atoms. The van der Waals surface area contributed by atoms with Gasteiger partial charge in [-0.05, 0) is 30.4 Å². The van der Waals surface area contributed by atoms with Gasteiger partial charge in [-0.15, -0.1) is 0 Å². The molecule has 1 fully saturated rings. The lowest BCUT2D eigenvalue weighted by molar-refractivity contribution is 0.0335. The van der Waals surface area contributed by atoms with Crippen molar-refractivity contribution in [3.05, 3.63) is 34.3 Å². The Kier molecular flexibility index (Phi) is 3.14. The number of hydrogen-bond donors (Lipinski definition) is 2. The molecule has 0 aromatic heterocycles. The third-order valence-electron chi connectivity index (χ3n) is 3.47. The van der Waals surface area contributed by atoms with E-state index in [1.807, 2.05) is 6.07 Å². The Hall–Kier alpha value is -0.380. The Morgan fingerprint density at radius 1 is 1.40 bits per heavy atom. The lowest BCUT2D eigenvalue weighted by atomic mass is 9.60. The van der Waals surface area contributed by atoms with E-state index in [-0.39, 0.29) is 12.0 Å². The fraction of sp³-hybridized carbons (Fsp3) is 0.500. The molecule has 0 atom stereocenters. The van der Waals surface area contributed by atoms with Crippen LogP contribution in [0.3, 0.4) is 0 Å². The summed E-state index contributed by atoms with van der Waals surface area (Å²) in [5.74, 6) is 0.552. The highest BCUT2D eigenvalue weighted by Gasteiger charge is 2.43. The Morgan fingerprint density at radius 2 is 2.07 bits per heavy atom. The van der Waals surface area contributed by atoms with E-state index in [0.717, 1.165) is 12.8 Å². The Bertz CT molecular complexity index is 341. The monoisotopic (exact) mass is 269 g/mol. The van der Waals surface area contributed by atoms with Gasteiger partial charge in [0, 0.05) is 23.0 Å². The molecule has 0 radical (unpaired) electrons. The molecule has 1 aliphatic rings. The van der Waals surface area contributed by atoms with Crippen LogP contribution in [0.25, 0.3) is 0 Å². The van der Waals surface area contributed by atoms with Gasteiger partial charge in [-0.1, -0.05) is 34.1 Å². The molecule has 0 amide bonds. The average molecular weight is 270 g/mol. The molecule has 0 spiro atoms. The lowest BCUT2D eigenvalue weighted by Crippen LogP contribution is -2.45. The van der Waals surface area contributed by atoms with Crippen LogP contribution in [0.2, 0.25) is 0 Å². The number of hydrogen-bond acceptors (Lipinski definition) is 2. The van der Waals surface area contributed by atoms with Gasteiger partial charge in [-0.3, -0.25) is 0 Å². The smallest absolute Gasteiger partial charge is 0.0499 e. The molecule has 2 rings (SSSR count). The maximum absolute atomic E-state index is 9.28. The molecule has 0 aliphatic heterocycles. The van der Waals surface area contributed by atoms with Crippen molar-refractivity contribution in [2.24, 2.45) is 11.1 Å². The molecular formula is C12H16BrNO. The molecule has 1 saturated carbocycles. The summed E-state index contributed by atoms with van der Waals surface area (Å²) in [6.07, 6.45) is 2.01. The van der Waals surface area contributed by atoms with E-state index in [1.165, 1.54) is 10.0 Å². The summed E-state index contributed by atoms with van der Waals surface area (Å²) >= 11 is 3.56. The quantitative estimate of drug-likeness (QED) is 0.885. The van der Waals surface area contributed by atoms with Gasteiger partial charge in [-0.25, -0.2) is 0 Å². The highest BCUT2D eigenvalue weighted by Crippen LogP contribution is 2.51. The minimum absolute atomic E-state index is 0.0139. The molecule has 3 heteroatoms. The number of rotatable bonds is 3. The van der Waals surface area contributed by atoms with Crippen molar-refractivity contribution in [2.75, 3.05) is 13.2 Å². The van der Waals surface area contributed by atoms with Crippen molar-refractivity contribution in [2.45, 2.75) is 18.8 Å². The molecule has 1 aromatic carbocycles. The van der Waals surface area contributed by atoms with Crippen LogP contribution in [0.5, 0.6) is 0 Å². The summed E-state index contributed by atoms with van der Waals surface area (Å²) in [4.78, 5) is 0. The van der Waals surface area contributed by atoms with Gasteiger partial charge in [0.25, 0.3) is 0 Å². The molecule has 82 valence electrons. The fourth-order valence-electron chi connectivity index (χ4n) is 2.37. The summed E-state index contributed by atoms with van der Waals surface area (Å²) in [5, 5.41) is 9.28. The molecular weight excluding hydrogens is 254 g/mol. The third kappa shape index (κ3) is 1.96. The van der Waals surface area contributed by atoms with E-state index in [2.05, 4.69) is 34.1 Å². The SMILES string of the molecule is NCC1(CO)CC(c2ccccc2Br)C1. The third-order valence-corrected chi connectivity index (χ3v) is 4.19. The summed E-state index contributed by atoms with van der Waals surface area (Å²) in [7, 11) is 0. The number of halogens is 1. The van der Waals surface area contributed by atoms with E-state index in [9.17, 15) is 5.11 Å². The predicted molar refractivity (Wildman–Crippen MR) is 64.7 cm³/mol. The van der Waals surface area contributed by atoms with E-state index in [0.29, 0.717) is 12.5 Å². The second-order valence-electron chi connectivity index (χ2n) is 4.49. The summed E-state index contributed by atoms with van der Waals surface area (Å²) in [5.41, 5.74) is 7.01. The van der Waals surface area contributed by atoms with Gasteiger partial charge in [-0.2, -0.15) is 0 Å². The molecule has 0 unspecified atom stereocenters. The molecule has 1 aliphatic carbocycles. The lowest BCUT2D eigenvalue weighted by Gasteiger charge is -2.46. The molecule has 2 nitrogen and oxygen atoms in total. The van der Waals surface area contributed by atoms with Gasteiger partial charge in [0.2, 0.25) is 0 Å². The highest BCUT2D eigenvalue weighted by atomic mass is 79.9. The van der Waals surface area contributed by atoms with E-state index >= 15 is 0 Å². The van der Waals surface area contributed by atoms with E-state index in [1.54, 1.807) is 0 Å². The van der Waals surface area contributed by atoms with Crippen molar-refractivity contribution < 1.29 is 5.11 Å². The van der Waals surface area contributed by atoms with Gasteiger partial charge in [0.15, 0.2) is 0 Å². The zero-order valence-corrected chi connectivity index (χ0v) is 10.2. The van der Waals surface area contributed by atoms with Gasteiger partial charge in [0.1, 0.15) is 0 Å². The second-order valence-corrected chi connectivity index (χ2v) is 5.34. The molecule has 0 saturated heterocycles. The average Bonchev–Trinajstić information content (AvgIpc) is 2.20. The summed E-state index contributed by atoms with van der Waals surface area (Å²) in [6, 6.07) is 8.29. The number of nitrogens with two attached hydrogens (primary N) is 1. The Labute approximate surface area is 98.6 Å². The van der Waals surface area contributed by atoms with Crippen molar-refractivity contribution in [1.29, 1.82) is 0 Å². The van der Waals surface area contributed by atoms with E-state index in [4.69, 9.17) is 5.73 Å². The van der Waals surface area contributed by atoms with Crippen LogP contribution < -0.4 is 5.73 Å². The number of benzene rings is 1. The molecule has 15 heavy (non-hydrogen) atoms. The van der Waals surface area contributed by atoms with Crippen molar-refractivity contribution in [1.82, 2.24) is 0 Å². The molecule has 3 N–H and O–H groups in total. The Balaban J connectivity index is 2.09. The zero-order valence-electron chi connectivity index (χ0n) is 8.62. The second kappa shape index (κ2) is 4.24. The number of aliphatic hydroxyl groups is 1. The normalized spacial score (nSPS) is 29.9. The van der Waals surface area contributed by atoms with Crippen LogP contribution in [0.15, 0.2) is 28.7 Å². The first-order valence-electron chi connectivity index (χ1n) is 5.26. The molecule has 0 heterocycles. The van der Waals surface area contributed by atoms with Crippen LogP contribution in [0.1, 0.15) is 24.3 Å². The minimum Gasteiger partial charge on any atom is -0.396 e. The largest absolute Gasteiger partial charge is 0.396 e. The first-order valence-corrected chi connectivity index (χ1v) is 6.05. The van der Waals surface area contributed by atoms with Gasteiger partial charge >= 0.3 is 0 Å². The van der Waals surface area contributed by atoms with Crippen molar-refractivity contribution in [3.8, 4) is 0 Å². The fourth-order valence-corrected chi connectivity index (χ4v) is 2.98. The first kappa shape index (κ1) is 11.1.